The maximum absolute atomic E-state index is 15.0. The summed E-state index contributed by atoms with van der Waals surface area (Å²) in [5.74, 6) is 3.58. The van der Waals surface area contributed by atoms with Crippen LogP contribution in [0.5, 0.6) is 17.2 Å². The number of carbonyl (C=O) groups is 3. The molecule has 3 rings (SSSR count). The highest BCUT2D eigenvalue weighted by Crippen LogP contribution is 2.34. The molecule has 0 aliphatic rings. The topological polar surface area (TPSA) is 78.9 Å². The zero-order valence-corrected chi connectivity index (χ0v) is 19.0. The second kappa shape index (κ2) is 11.8. The summed E-state index contributed by atoms with van der Waals surface area (Å²) in [4.78, 5) is 34.5. The fraction of sp³-hybridized carbons (Fsp3) is 0. The quantitative estimate of drug-likeness (QED) is 0.200. The van der Waals surface area contributed by atoms with Gasteiger partial charge < -0.3 is 14.2 Å². The smallest absolute Gasteiger partial charge is 0.335 e. The maximum atomic E-state index is 15.0. The monoisotopic (exact) mass is 482 g/mol. The normalized spacial score (nSPS) is 9.69. The van der Waals surface area contributed by atoms with E-state index in [4.69, 9.17) is 14.2 Å². The minimum atomic E-state index is -0.733. The van der Waals surface area contributed by atoms with Crippen molar-refractivity contribution in [2.24, 2.45) is 0 Å². The Labute approximate surface area is 206 Å². The number of benzene rings is 3. The van der Waals surface area contributed by atoms with E-state index in [1.165, 1.54) is 36.4 Å². The first kappa shape index (κ1) is 25.4. The molecular formula is C29H19FO6. The van der Waals surface area contributed by atoms with Gasteiger partial charge in [-0.3, -0.25) is 0 Å². The number of rotatable bonds is 7. The molecule has 7 heteroatoms. The molecule has 0 heterocycles. The van der Waals surface area contributed by atoms with Crippen LogP contribution in [0.2, 0.25) is 0 Å². The molecule has 3 aromatic carbocycles. The number of hydrogen-bond donors (Lipinski definition) is 0. The number of halogens is 1. The molecule has 0 aliphatic carbocycles. The van der Waals surface area contributed by atoms with Crippen molar-refractivity contribution in [1.29, 1.82) is 0 Å². The van der Waals surface area contributed by atoms with Crippen LogP contribution in [-0.4, -0.2) is 17.9 Å². The van der Waals surface area contributed by atoms with Gasteiger partial charge in [-0.2, -0.15) is 0 Å². The third kappa shape index (κ3) is 6.65. The van der Waals surface area contributed by atoms with Gasteiger partial charge in [0.2, 0.25) is 0 Å². The maximum Gasteiger partial charge on any atom is 0.335 e. The predicted molar refractivity (Wildman–Crippen MR) is 132 cm³/mol. The zero-order valence-electron chi connectivity index (χ0n) is 19.0. The Hall–Kier alpha value is -5.22. The van der Waals surface area contributed by atoms with Crippen molar-refractivity contribution in [3.05, 3.63) is 116 Å². The Bertz CT molecular complexity index is 1410. The highest BCUT2D eigenvalue weighted by Gasteiger charge is 2.15. The fourth-order valence-electron chi connectivity index (χ4n) is 2.87. The van der Waals surface area contributed by atoms with Crippen molar-refractivity contribution in [2.45, 2.75) is 0 Å². The average Bonchev–Trinajstić information content (AvgIpc) is 2.89. The summed E-state index contributed by atoms with van der Waals surface area (Å²) in [6.07, 6.45) is 3.06. The first-order valence-corrected chi connectivity index (χ1v) is 10.4. The van der Waals surface area contributed by atoms with Gasteiger partial charge in [0.25, 0.3) is 0 Å². The predicted octanol–water partition coefficient (Wildman–Crippen LogP) is 5.17. The lowest BCUT2D eigenvalue weighted by atomic mass is 10.0. The highest BCUT2D eigenvalue weighted by atomic mass is 19.1. The van der Waals surface area contributed by atoms with Gasteiger partial charge in [0.05, 0.1) is 5.56 Å². The largest absolute Gasteiger partial charge is 0.423 e. The Morgan fingerprint density at radius 3 is 1.72 bits per heavy atom. The van der Waals surface area contributed by atoms with Crippen molar-refractivity contribution in [3.63, 3.8) is 0 Å². The van der Waals surface area contributed by atoms with Gasteiger partial charge in [-0.15, -0.1) is 0 Å². The molecule has 178 valence electrons. The molecule has 36 heavy (non-hydrogen) atoms. The van der Waals surface area contributed by atoms with Crippen molar-refractivity contribution in [1.82, 2.24) is 0 Å². The van der Waals surface area contributed by atoms with Crippen molar-refractivity contribution >= 4 is 17.9 Å². The summed E-state index contributed by atoms with van der Waals surface area (Å²) in [6.45, 7) is 10.0. The molecule has 0 fully saturated rings. The average molecular weight is 482 g/mol. The fourth-order valence-corrected chi connectivity index (χ4v) is 2.87. The van der Waals surface area contributed by atoms with E-state index >= 15 is 0 Å². The molecule has 0 saturated heterocycles. The van der Waals surface area contributed by atoms with Gasteiger partial charge in [0.1, 0.15) is 23.1 Å². The van der Waals surface area contributed by atoms with Crippen LogP contribution in [0.25, 0.3) is 11.1 Å². The molecule has 3 aromatic rings. The van der Waals surface area contributed by atoms with E-state index in [0.717, 1.165) is 18.2 Å². The van der Waals surface area contributed by atoms with Gasteiger partial charge >= 0.3 is 17.9 Å². The molecule has 0 aliphatic heterocycles. The standard InChI is InChI=1S/C29H19FO6/c1-4-27(31)34-22-13-8-19(9-14-22)7-10-21-17-26(36-29(33)6-3)24(18-25(21)30)20-11-15-23(16-12-20)35-28(32)5-2/h4-6,8-9,11-18H,1-3H2. The number of esters is 3. The molecule has 0 radical (unpaired) electrons. The summed E-state index contributed by atoms with van der Waals surface area (Å²) >= 11 is 0. The Morgan fingerprint density at radius 2 is 1.19 bits per heavy atom. The van der Waals surface area contributed by atoms with Crippen LogP contribution >= 0.6 is 0 Å². The summed E-state index contributed by atoms with van der Waals surface area (Å²) in [6, 6.07) is 15.0. The van der Waals surface area contributed by atoms with Crippen LogP contribution < -0.4 is 14.2 Å². The molecule has 0 bridgehead atoms. The summed E-state index contributed by atoms with van der Waals surface area (Å²) in [7, 11) is 0. The van der Waals surface area contributed by atoms with Crippen molar-refractivity contribution in [3.8, 4) is 40.2 Å². The molecule has 0 aromatic heterocycles. The summed E-state index contributed by atoms with van der Waals surface area (Å²) in [5.41, 5.74) is 1.31. The van der Waals surface area contributed by atoms with E-state index in [1.54, 1.807) is 24.3 Å². The molecule has 0 N–H and O–H groups in total. The lowest BCUT2D eigenvalue weighted by Crippen LogP contribution is -2.05. The van der Waals surface area contributed by atoms with Crippen LogP contribution in [0.15, 0.2) is 98.6 Å². The van der Waals surface area contributed by atoms with Gasteiger partial charge in [-0.05, 0) is 48.0 Å². The van der Waals surface area contributed by atoms with Crippen LogP contribution in [0.3, 0.4) is 0 Å². The van der Waals surface area contributed by atoms with Crippen LogP contribution in [0, 0.1) is 17.7 Å². The molecule has 0 unspecified atom stereocenters. The summed E-state index contributed by atoms with van der Waals surface area (Å²) in [5, 5.41) is 0. The second-order valence-electron chi connectivity index (χ2n) is 7.00. The summed E-state index contributed by atoms with van der Waals surface area (Å²) < 4.78 is 30.3. The highest BCUT2D eigenvalue weighted by molar-refractivity contribution is 5.86. The van der Waals surface area contributed by atoms with Gasteiger partial charge in [0, 0.05) is 35.4 Å². The van der Waals surface area contributed by atoms with Crippen LogP contribution in [0.1, 0.15) is 11.1 Å². The van der Waals surface area contributed by atoms with Crippen LogP contribution in [0.4, 0.5) is 4.39 Å². The minimum Gasteiger partial charge on any atom is -0.423 e. The Balaban J connectivity index is 1.94. The Morgan fingerprint density at radius 1 is 0.694 bits per heavy atom. The molecule has 0 spiro atoms. The minimum absolute atomic E-state index is 0.00990. The first-order valence-electron chi connectivity index (χ1n) is 10.4. The van der Waals surface area contributed by atoms with Gasteiger partial charge in [-0.25, -0.2) is 18.8 Å². The first-order chi connectivity index (χ1) is 17.3. The third-order valence-electron chi connectivity index (χ3n) is 4.58. The van der Waals surface area contributed by atoms with E-state index in [-0.39, 0.29) is 22.6 Å². The third-order valence-corrected chi connectivity index (χ3v) is 4.58. The van der Waals surface area contributed by atoms with Crippen LogP contribution in [-0.2, 0) is 14.4 Å². The molecular weight excluding hydrogens is 463 g/mol. The number of hydrogen-bond acceptors (Lipinski definition) is 6. The molecule has 6 nitrogen and oxygen atoms in total. The van der Waals surface area contributed by atoms with Crippen molar-refractivity contribution in [2.75, 3.05) is 0 Å². The zero-order chi connectivity index (χ0) is 26.1. The van der Waals surface area contributed by atoms with Crippen molar-refractivity contribution < 1.29 is 33.0 Å². The SMILES string of the molecule is C=CC(=O)Oc1ccc(C#Cc2cc(OC(=O)C=C)c(-c3ccc(OC(=O)C=C)cc3)cc2F)cc1. The number of carbonyl (C=O) groups excluding carboxylic acids is 3. The van der Waals surface area contributed by atoms with Gasteiger partial charge in [-0.1, -0.05) is 43.7 Å². The molecule has 0 amide bonds. The lowest BCUT2D eigenvalue weighted by molar-refractivity contribution is -0.129. The molecule has 0 saturated carbocycles. The molecule has 0 atom stereocenters. The van der Waals surface area contributed by atoms with E-state index < -0.39 is 23.7 Å². The lowest BCUT2D eigenvalue weighted by Gasteiger charge is -2.11. The van der Waals surface area contributed by atoms with E-state index in [1.807, 2.05) is 0 Å². The Kier molecular flexibility index (Phi) is 8.31. The second-order valence-corrected chi connectivity index (χ2v) is 7.00. The van der Waals surface area contributed by atoms with E-state index in [2.05, 4.69) is 31.6 Å². The van der Waals surface area contributed by atoms with E-state index in [9.17, 15) is 18.8 Å². The van der Waals surface area contributed by atoms with Gasteiger partial charge in [0.15, 0.2) is 0 Å². The number of ether oxygens (including phenoxy) is 3. The van der Waals surface area contributed by atoms with E-state index in [0.29, 0.717) is 16.9 Å².